The predicted molar refractivity (Wildman–Crippen MR) is 58.9 cm³/mol. The molecule has 0 radical (unpaired) electrons. The van der Waals surface area contributed by atoms with Crippen molar-refractivity contribution in [2.45, 2.75) is 12.5 Å². The Bertz CT molecular complexity index is 296. The van der Waals surface area contributed by atoms with Crippen LogP contribution in [0.4, 0.5) is 8.78 Å². The summed E-state index contributed by atoms with van der Waals surface area (Å²) in [5.74, 6) is -0.400. The Morgan fingerprint density at radius 2 is 2.07 bits per heavy atom. The van der Waals surface area contributed by atoms with Crippen LogP contribution in [0.3, 0.4) is 0 Å². The van der Waals surface area contributed by atoms with E-state index in [1.807, 2.05) is 0 Å². The van der Waals surface area contributed by atoms with Crippen LogP contribution in [-0.2, 0) is 0 Å². The fraction of sp³-hybridized carbons (Fsp3) is 0.333. The number of halogens is 4. The normalized spacial score (nSPS) is 12.0. The highest BCUT2D eigenvalue weighted by atomic mass is 79.9. The molecule has 1 aromatic carbocycles. The molecule has 0 amide bonds. The molecular formula is C9H11BrClF2N. The van der Waals surface area contributed by atoms with Crippen LogP contribution < -0.4 is 5.73 Å². The van der Waals surface area contributed by atoms with Crippen molar-refractivity contribution in [1.29, 1.82) is 0 Å². The summed E-state index contributed by atoms with van der Waals surface area (Å²) in [4.78, 5) is 0. The molecule has 2 N–H and O–H groups in total. The van der Waals surface area contributed by atoms with Crippen molar-refractivity contribution in [2.24, 2.45) is 5.73 Å². The Kier molecular flexibility index (Phi) is 6.24. The van der Waals surface area contributed by atoms with E-state index in [-0.39, 0.29) is 18.8 Å². The van der Waals surface area contributed by atoms with E-state index < -0.39 is 18.5 Å². The van der Waals surface area contributed by atoms with Crippen molar-refractivity contribution < 1.29 is 8.78 Å². The third kappa shape index (κ3) is 3.19. The first-order valence-corrected chi connectivity index (χ1v) is 4.71. The van der Waals surface area contributed by atoms with Crippen LogP contribution in [0.5, 0.6) is 0 Å². The van der Waals surface area contributed by atoms with E-state index in [0.717, 1.165) is 0 Å². The van der Waals surface area contributed by atoms with Gasteiger partial charge in [0.2, 0.25) is 0 Å². The van der Waals surface area contributed by atoms with Crippen LogP contribution >= 0.6 is 28.3 Å². The first-order chi connectivity index (χ1) is 6.16. The van der Waals surface area contributed by atoms with Gasteiger partial charge in [-0.15, -0.1) is 12.4 Å². The summed E-state index contributed by atoms with van der Waals surface area (Å²) in [6, 6.07) is 4.27. The van der Waals surface area contributed by atoms with Gasteiger partial charge in [-0.05, 0) is 28.4 Å². The lowest BCUT2D eigenvalue weighted by molar-refractivity contribution is 0.434. The molecule has 0 aliphatic heterocycles. The van der Waals surface area contributed by atoms with Gasteiger partial charge in [-0.1, -0.05) is 12.1 Å². The largest absolute Gasteiger partial charge is 0.324 e. The van der Waals surface area contributed by atoms with Crippen LogP contribution in [0.25, 0.3) is 0 Å². The number of nitrogens with two attached hydrogens (primary N) is 1. The maximum absolute atomic E-state index is 13.3. The second kappa shape index (κ2) is 6.32. The van der Waals surface area contributed by atoms with Gasteiger partial charge in [0.1, 0.15) is 5.82 Å². The van der Waals surface area contributed by atoms with Crippen molar-refractivity contribution in [3.63, 3.8) is 0 Å². The molecule has 1 atom stereocenters. The Morgan fingerprint density at radius 3 is 2.64 bits per heavy atom. The Hall–Kier alpha value is -0.190. The number of alkyl halides is 1. The highest BCUT2D eigenvalue weighted by Crippen LogP contribution is 2.24. The summed E-state index contributed by atoms with van der Waals surface area (Å²) < 4.78 is 25.6. The van der Waals surface area contributed by atoms with E-state index in [1.165, 1.54) is 0 Å². The van der Waals surface area contributed by atoms with Gasteiger partial charge in [-0.3, -0.25) is 4.39 Å². The molecule has 0 aromatic heterocycles. The van der Waals surface area contributed by atoms with Gasteiger partial charge in [-0.2, -0.15) is 0 Å². The molecule has 0 saturated heterocycles. The minimum atomic E-state index is -0.567. The van der Waals surface area contributed by atoms with E-state index in [0.29, 0.717) is 10.0 Å². The minimum absolute atomic E-state index is 0. The summed E-state index contributed by atoms with van der Waals surface area (Å²) in [6.07, 6.45) is 0.146. The average molecular weight is 287 g/mol. The van der Waals surface area contributed by atoms with Gasteiger partial charge in [0.15, 0.2) is 0 Å². The summed E-state index contributed by atoms with van der Waals surface area (Å²) in [6.45, 7) is -0.535. The zero-order valence-electron chi connectivity index (χ0n) is 7.34. The van der Waals surface area contributed by atoms with Gasteiger partial charge in [0, 0.05) is 11.6 Å². The smallest absolute Gasteiger partial charge is 0.142 e. The van der Waals surface area contributed by atoms with Crippen LogP contribution in [0.1, 0.15) is 18.0 Å². The molecule has 1 nitrogen and oxygen atoms in total. The molecule has 14 heavy (non-hydrogen) atoms. The summed E-state index contributed by atoms with van der Waals surface area (Å²) in [7, 11) is 0. The Morgan fingerprint density at radius 1 is 1.43 bits per heavy atom. The lowest BCUT2D eigenvalue weighted by atomic mass is 10.1. The highest BCUT2D eigenvalue weighted by Gasteiger charge is 2.12. The quantitative estimate of drug-likeness (QED) is 0.906. The van der Waals surface area contributed by atoms with Crippen LogP contribution in [0, 0.1) is 5.82 Å². The molecule has 80 valence electrons. The fourth-order valence-corrected chi connectivity index (χ4v) is 1.46. The SMILES string of the molecule is Cl.N[C@@H](CCF)c1cccc(Br)c1F. The molecule has 0 heterocycles. The van der Waals surface area contributed by atoms with Crippen molar-refractivity contribution in [3.8, 4) is 0 Å². The number of hydrogen-bond donors (Lipinski definition) is 1. The summed E-state index contributed by atoms with van der Waals surface area (Å²) >= 11 is 3.04. The molecular weight excluding hydrogens is 275 g/mol. The number of benzene rings is 1. The average Bonchev–Trinajstić information content (AvgIpc) is 2.10. The monoisotopic (exact) mass is 285 g/mol. The van der Waals surface area contributed by atoms with Crippen molar-refractivity contribution in [3.05, 3.63) is 34.1 Å². The number of rotatable bonds is 3. The maximum Gasteiger partial charge on any atom is 0.142 e. The topological polar surface area (TPSA) is 26.0 Å². The van der Waals surface area contributed by atoms with E-state index >= 15 is 0 Å². The Balaban J connectivity index is 0.00000169. The zero-order valence-corrected chi connectivity index (χ0v) is 9.75. The molecule has 0 fully saturated rings. The minimum Gasteiger partial charge on any atom is -0.324 e. The molecule has 0 saturated carbocycles. The molecule has 0 aliphatic rings. The summed E-state index contributed by atoms with van der Waals surface area (Å²) in [5, 5.41) is 0. The molecule has 1 aromatic rings. The van der Waals surface area contributed by atoms with Gasteiger partial charge < -0.3 is 5.73 Å². The zero-order chi connectivity index (χ0) is 9.84. The van der Waals surface area contributed by atoms with Crippen molar-refractivity contribution in [2.75, 3.05) is 6.67 Å². The van der Waals surface area contributed by atoms with Crippen molar-refractivity contribution in [1.82, 2.24) is 0 Å². The maximum atomic E-state index is 13.3. The van der Waals surface area contributed by atoms with Crippen molar-refractivity contribution >= 4 is 28.3 Å². The van der Waals surface area contributed by atoms with E-state index in [9.17, 15) is 8.78 Å². The Labute approximate surface area is 96.2 Å². The van der Waals surface area contributed by atoms with Crippen LogP contribution in [-0.4, -0.2) is 6.67 Å². The first-order valence-electron chi connectivity index (χ1n) is 3.92. The second-order valence-electron chi connectivity index (χ2n) is 2.73. The van der Waals surface area contributed by atoms with Gasteiger partial charge in [0.25, 0.3) is 0 Å². The first kappa shape index (κ1) is 13.8. The van der Waals surface area contributed by atoms with Gasteiger partial charge >= 0.3 is 0 Å². The summed E-state index contributed by atoms with van der Waals surface area (Å²) in [5.41, 5.74) is 5.93. The van der Waals surface area contributed by atoms with Gasteiger partial charge in [-0.25, -0.2) is 4.39 Å². The van der Waals surface area contributed by atoms with Gasteiger partial charge in [0.05, 0.1) is 11.1 Å². The molecule has 5 heteroatoms. The van der Waals surface area contributed by atoms with E-state index in [1.54, 1.807) is 18.2 Å². The standard InChI is InChI=1S/C9H10BrF2N.ClH/c10-7-3-1-2-6(9(7)12)8(13)4-5-11;/h1-3,8H,4-5,13H2;1H/t8-;/m0./s1. The molecule has 0 spiro atoms. The highest BCUT2D eigenvalue weighted by molar-refractivity contribution is 9.10. The van der Waals surface area contributed by atoms with E-state index in [4.69, 9.17) is 5.73 Å². The lowest BCUT2D eigenvalue weighted by Crippen LogP contribution is -2.12. The van der Waals surface area contributed by atoms with E-state index in [2.05, 4.69) is 15.9 Å². The lowest BCUT2D eigenvalue weighted by Gasteiger charge is -2.11. The molecule has 1 rings (SSSR count). The third-order valence-electron chi connectivity index (χ3n) is 1.80. The second-order valence-corrected chi connectivity index (χ2v) is 3.58. The third-order valence-corrected chi connectivity index (χ3v) is 2.41. The molecule has 0 unspecified atom stereocenters. The molecule has 0 bridgehead atoms. The van der Waals surface area contributed by atoms with Crippen LogP contribution in [0.15, 0.2) is 22.7 Å². The van der Waals surface area contributed by atoms with Crippen LogP contribution in [0.2, 0.25) is 0 Å². The number of hydrogen-bond acceptors (Lipinski definition) is 1. The molecule has 0 aliphatic carbocycles. The predicted octanol–water partition coefficient (Wildman–Crippen LogP) is 3.37. The fourth-order valence-electron chi connectivity index (χ4n) is 1.08.